The summed E-state index contributed by atoms with van der Waals surface area (Å²) < 4.78 is 15.6. The number of likely N-dealkylation sites (N-methyl/N-ethyl adjacent to an activating group) is 1. The van der Waals surface area contributed by atoms with E-state index >= 15 is 0 Å². The molecule has 0 heterocycles. The number of hydrogen-bond acceptors (Lipinski definition) is 7. The Morgan fingerprint density at radius 2 is 1.15 bits per heavy atom. The van der Waals surface area contributed by atoms with Crippen LogP contribution in [-0.2, 0) is 19.0 Å². The number of unbranched alkanes of at least 4 members (excludes halogenated alkanes) is 15. The molecule has 0 saturated heterocycles. The first-order valence-corrected chi connectivity index (χ1v) is 15.3. The normalized spacial score (nSPS) is 11.8. The molecule has 0 saturated carbocycles. The van der Waals surface area contributed by atoms with Crippen LogP contribution in [0.3, 0.4) is 0 Å². The average Bonchev–Trinajstić information content (AvgIpc) is 2.90. The van der Waals surface area contributed by atoms with Crippen molar-refractivity contribution in [3.63, 3.8) is 0 Å². The van der Waals surface area contributed by atoms with Crippen molar-refractivity contribution in [3.05, 3.63) is 0 Å². The minimum Gasteiger partial charge on any atom is -0.447 e. The number of nitrogens with one attached hydrogen (secondary N) is 1. The van der Waals surface area contributed by atoms with Crippen molar-refractivity contribution in [1.29, 1.82) is 0 Å². The van der Waals surface area contributed by atoms with Gasteiger partial charge in [0.1, 0.15) is 19.3 Å². The molecule has 1 N–H and O–H groups in total. The zero-order chi connectivity index (χ0) is 29.1. The van der Waals surface area contributed by atoms with Crippen LogP contribution in [0, 0.1) is 0 Å². The predicted molar refractivity (Wildman–Crippen MR) is 157 cm³/mol. The molecule has 0 aromatic rings. The second kappa shape index (κ2) is 26.4. The third-order valence-corrected chi connectivity index (χ3v) is 6.80. The summed E-state index contributed by atoms with van der Waals surface area (Å²) in [5.41, 5.74) is 0. The number of alkyl carbamates (subject to hydrolysis) is 1. The molecule has 0 aliphatic carbocycles. The highest BCUT2D eigenvalue weighted by Gasteiger charge is 2.21. The highest BCUT2D eigenvalue weighted by molar-refractivity contribution is 5.90. The third kappa shape index (κ3) is 23.7. The van der Waals surface area contributed by atoms with Crippen LogP contribution in [0.4, 0.5) is 9.59 Å². The third-order valence-electron chi connectivity index (χ3n) is 6.80. The van der Waals surface area contributed by atoms with Crippen molar-refractivity contribution in [1.82, 2.24) is 15.1 Å². The molecule has 1 unspecified atom stereocenters. The molecule has 0 fully saturated rings. The lowest BCUT2D eigenvalue weighted by Gasteiger charge is -2.22. The molecule has 39 heavy (non-hydrogen) atoms. The molecule has 9 nitrogen and oxygen atoms in total. The van der Waals surface area contributed by atoms with Crippen LogP contribution in [0.2, 0.25) is 0 Å². The molecule has 3 amide bonds. The van der Waals surface area contributed by atoms with Crippen LogP contribution >= 0.6 is 0 Å². The number of methoxy groups -OCH3 is 1. The number of nitrogens with zero attached hydrogens (tertiary/aromatic N) is 2. The number of hydrogen-bond donors (Lipinski definition) is 1. The minimum absolute atomic E-state index is 0.0493. The van der Waals surface area contributed by atoms with Crippen molar-refractivity contribution in [2.24, 2.45) is 0 Å². The van der Waals surface area contributed by atoms with Gasteiger partial charge in [0.25, 0.3) is 0 Å². The fourth-order valence-corrected chi connectivity index (χ4v) is 4.19. The molecule has 0 aliphatic heterocycles. The van der Waals surface area contributed by atoms with Gasteiger partial charge in [0.05, 0.1) is 0 Å². The first-order chi connectivity index (χ1) is 18.8. The van der Waals surface area contributed by atoms with E-state index in [1.807, 2.05) is 19.0 Å². The van der Waals surface area contributed by atoms with E-state index in [2.05, 4.69) is 12.2 Å². The van der Waals surface area contributed by atoms with E-state index < -0.39 is 18.3 Å². The van der Waals surface area contributed by atoms with E-state index in [1.165, 1.54) is 104 Å². The molecule has 0 bridgehead atoms. The number of amides is 3. The molecule has 0 aromatic heterocycles. The second-order valence-electron chi connectivity index (χ2n) is 10.7. The van der Waals surface area contributed by atoms with Crippen molar-refractivity contribution >= 4 is 18.1 Å². The Balaban J connectivity index is 3.69. The van der Waals surface area contributed by atoms with E-state index in [9.17, 15) is 14.4 Å². The summed E-state index contributed by atoms with van der Waals surface area (Å²) in [7, 11) is 5.16. The fraction of sp³-hybridized carbons (Fsp3) is 0.900. The quantitative estimate of drug-likeness (QED) is 0.127. The fourth-order valence-electron chi connectivity index (χ4n) is 4.19. The van der Waals surface area contributed by atoms with Gasteiger partial charge in [0, 0.05) is 33.7 Å². The monoisotopic (exact) mass is 557 g/mol. The molecular formula is C30H59N3O6. The van der Waals surface area contributed by atoms with E-state index in [4.69, 9.17) is 14.2 Å². The van der Waals surface area contributed by atoms with E-state index in [0.717, 1.165) is 17.7 Å². The SMILES string of the molecule is CCCCCCCCCCCCCCCCCCNC(=O)OCC(COC(=O)N(CCN(C)C)C(C)=O)OC. The zero-order valence-electron chi connectivity index (χ0n) is 25.8. The van der Waals surface area contributed by atoms with Crippen LogP contribution in [-0.4, -0.2) is 88.1 Å². The van der Waals surface area contributed by atoms with E-state index in [-0.39, 0.29) is 25.7 Å². The van der Waals surface area contributed by atoms with Gasteiger partial charge in [-0.25, -0.2) is 14.5 Å². The van der Waals surface area contributed by atoms with Crippen LogP contribution in [0.5, 0.6) is 0 Å². The number of rotatable bonds is 25. The number of carbonyl (C=O) groups is 3. The highest BCUT2D eigenvalue weighted by atomic mass is 16.6. The average molecular weight is 558 g/mol. The van der Waals surface area contributed by atoms with Gasteiger partial charge >= 0.3 is 12.2 Å². The predicted octanol–water partition coefficient (Wildman–Crippen LogP) is 6.54. The summed E-state index contributed by atoms with van der Waals surface area (Å²) in [5.74, 6) is -0.388. The van der Waals surface area contributed by atoms with Gasteiger partial charge in [-0.05, 0) is 20.5 Å². The molecule has 230 valence electrons. The second-order valence-corrected chi connectivity index (χ2v) is 10.7. The molecule has 0 rings (SSSR count). The van der Waals surface area contributed by atoms with Crippen LogP contribution in [0.25, 0.3) is 0 Å². The smallest absolute Gasteiger partial charge is 0.416 e. The Kier molecular flexibility index (Phi) is 25.1. The van der Waals surface area contributed by atoms with Crippen molar-refractivity contribution in [3.8, 4) is 0 Å². The van der Waals surface area contributed by atoms with Gasteiger partial charge in [-0.3, -0.25) is 4.79 Å². The summed E-state index contributed by atoms with van der Waals surface area (Å²) in [6.45, 7) is 4.76. The first-order valence-electron chi connectivity index (χ1n) is 15.3. The van der Waals surface area contributed by atoms with Crippen LogP contribution < -0.4 is 5.32 Å². The van der Waals surface area contributed by atoms with Gasteiger partial charge < -0.3 is 24.4 Å². The molecular weight excluding hydrogens is 498 g/mol. The van der Waals surface area contributed by atoms with Crippen LogP contribution in [0.1, 0.15) is 117 Å². The summed E-state index contributed by atoms with van der Waals surface area (Å²) in [6, 6.07) is 0. The molecule has 0 aromatic carbocycles. The lowest BCUT2D eigenvalue weighted by molar-refractivity contribution is -0.127. The minimum atomic E-state index is -0.737. The van der Waals surface area contributed by atoms with Gasteiger partial charge in [0.2, 0.25) is 5.91 Å². The van der Waals surface area contributed by atoms with Crippen molar-refractivity contribution in [2.45, 2.75) is 123 Å². The number of ether oxygens (including phenoxy) is 3. The number of imide groups is 1. The van der Waals surface area contributed by atoms with Gasteiger partial charge in [-0.2, -0.15) is 0 Å². The Morgan fingerprint density at radius 1 is 0.692 bits per heavy atom. The topological polar surface area (TPSA) is 97.4 Å². The maximum Gasteiger partial charge on any atom is 0.416 e. The van der Waals surface area contributed by atoms with Gasteiger partial charge in [0.15, 0.2) is 0 Å². The molecule has 0 radical (unpaired) electrons. The maximum atomic E-state index is 12.2. The van der Waals surface area contributed by atoms with Gasteiger partial charge in [-0.1, -0.05) is 103 Å². The molecule has 1 atom stereocenters. The van der Waals surface area contributed by atoms with E-state index in [0.29, 0.717) is 13.1 Å². The Labute approximate surface area is 238 Å². The zero-order valence-corrected chi connectivity index (χ0v) is 25.8. The first kappa shape index (κ1) is 37.1. The summed E-state index contributed by atoms with van der Waals surface area (Å²) >= 11 is 0. The Morgan fingerprint density at radius 3 is 1.59 bits per heavy atom. The Bertz CT molecular complexity index is 618. The Hall–Kier alpha value is -1.87. The van der Waals surface area contributed by atoms with E-state index in [1.54, 1.807) is 0 Å². The standard InChI is InChI=1S/C30H59N3O6/c1-6-7-8-9-10-11-12-13-14-15-16-17-18-19-20-21-22-31-29(35)38-25-28(37-5)26-39-30(36)33(27(2)34)24-23-32(3)4/h28H,6-26H2,1-5H3,(H,31,35). The largest absolute Gasteiger partial charge is 0.447 e. The number of carbonyl (C=O) groups excluding carboxylic acids is 3. The lowest BCUT2D eigenvalue weighted by atomic mass is 10.0. The lowest BCUT2D eigenvalue weighted by Crippen LogP contribution is -2.41. The van der Waals surface area contributed by atoms with Gasteiger partial charge in [-0.15, -0.1) is 0 Å². The molecule has 0 aliphatic rings. The van der Waals surface area contributed by atoms with Crippen molar-refractivity contribution in [2.75, 3.05) is 54.1 Å². The summed E-state index contributed by atoms with van der Waals surface area (Å²) in [6.07, 6.45) is 19.1. The molecule has 0 spiro atoms. The van der Waals surface area contributed by atoms with Crippen LogP contribution in [0.15, 0.2) is 0 Å². The maximum absolute atomic E-state index is 12.2. The molecule has 9 heteroatoms. The summed E-state index contributed by atoms with van der Waals surface area (Å²) in [5, 5.41) is 2.76. The highest BCUT2D eigenvalue weighted by Crippen LogP contribution is 2.13. The summed E-state index contributed by atoms with van der Waals surface area (Å²) in [4.78, 5) is 38.8. The van der Waals surface area contributed by atoms with Crippen molar-refractivity contribution < 1.29 is 28.6 Å².